The van der Waals surface area contributed by atoms with Crippen molar-refractivity contribution in [2.24, 2.45) is 5.41 Å². The van der Waals surface area contributed by atoms with Crippen molar-refractivity contribution in [2.75, 3.05) is 6.54 Å². The third-order valence-corrected chi connectivity index (χ3v) is 4.19. The number of nitrogens with one attached hydrogen (secondary N) is 1. The van der Waals surface area contributed by atoms with Crippen LogP contribution in [0.15, 0.2) is 24.3 Å². The lowest BCUT2D eigenvalue weighted by Gasteiger charge is -2.46. The van der Waals surface area contributed by atoms with Gasteiger partial charge in [0, 0.05) is 0 Å². The van der Waals surface area contributed by atoms with Crippen LogP contribution in [-0.2, 0) is 6.42 Å². The van der Waals surface area contributed by atoms with Crippen LogP contribution in [0, 0.1) is 5.41 Å². The first kappa shape index (κ1) is 12.6. The van der Waals surface area contributed by atoms with Crippen molar-refractivity contribution in [1.29, 1.82) is 0 Å². The monoisotopic (exact) mass is 233 g/mol. The molecule has 2 N–H and O–H groups in total. The van der Waals surface area contributed by atoms with Gasteiger partial charge in [0.05, 0.1) is 11.6 Å². The third kappa shape index (κ3) is 2.12. The highest BCUT2D eigenvalue weighted by Crippen LogP contribution is 2.42. The summed E-state index contributed by atoms with van der Waals surface area (Å²) in [6.07, 6.45) is 1.05. The van der Waals surface area contributed by atoms with Gasteiger partial charge in [0.1, 0.15) is 0 Å². The molecule has 1 aliphatic heterocycles. The molecule has 17 heavy (non-hydrogen) atoms. The molecule has 0 saturated heterocycles. The van der Waals surface area contributed by atoms with Crippen LogP contribution < -0.4 is 5.32 Å². The van der Waals surface area contributed by atoms with E-state index in [9.17, 15) is 5.11 Å². The van der Waals surface area contributed by atoms with E-state index in [0.29, 0.717) is 0 Å². The summed E-state index contributed by atoms with van der Waals surface area (Å²) in [4.78, 5) is 0. The molecular weight excluding hydrogens is 210 g/mol. The van der Waals surface area contributed by atoms with Crippen LogP contribution >= 0.6 is 0 Å². The zero-order valence-corrected chi connectivity index (χ0v) is 11.2. The summed E-state index contributed by atoms with van der Waals surface area (Å²) < 4.78 is 0. The van der Waals surface area contributed by atoms with Gasteiger partial charge in [-0.1, -0.05) is 45.0 Å². The van der Waals surface area contributed by atoms with Gasteiger partial charge in [-0.3, -0.25) is 0 Å². The molecule has 0 aromatic heterocycles. The smallest absolute Gasteiger partial charge is 0.0861 e. The molecule has 0 spiro atoms. The summed E-state index contributed by atoms with van der Waals surface area (Å²) in [6, 6.07) is 8.45. The maximum Gasteiger partial charge on any atom is 0.0861 e. The fraction of sp³-hybridized carbons (Fsp3) is 0.600. The Kier molecular flexibility index (Phi) is 3.04. The second-order valence-corrected chi connectivity index (χ2v) is 6.23. The van der Waals surface area contributed by atoms with E-state index in [-0.39, 0.29) is 11.5 Å². The molecule has 0 bridgehead atoms. The van der Waals surface area contributed by atoms with Crippen LogP contribution in [0.25, 0.3) is 0 Å². The second-order valence-electron chi connectivity index (χ2n) is 6.23. The van der Waals surface area contributed by atoms with Crippen LogP contribution in [0.5, 0.6) is 0 Å². The topological polar surface area (TPSA) is 32.3 Å². The van der Waals surface area contributed by atoms with Crippen molar-refractivity contribution in [3.8, 4) is 0 Å². The quantitative estimate of drug-likeness (QED) is 0.781. The van der Waals surface area contributed by atoms with Crippen LogP contribution in [0.1, 0.15) is 44.9 Å². The number of fused-ring (bicyclic) bond motifs is 1. The van der Waals surface area contributed by atoms with E-state index < -0.39 is 5.60 Å². The summed E-state index contributed by atoms with van der Waals surface area (Å²) in [7, 11) is 0. The van der Waals surface area contributed by atoms with Crippen molar-refractivity contribution >= 4 is 0 Å². The Morgan fingerprint density at radius 3 is 2.47 bits per heavy atom. The summed E-state index contributed by atoms with van der Waals surface area (Å²) >= 11 is 0. The summed E-state index contributed by atoms with van der Waals surface area (Å²) in [5, 5.41) is 14.3. The van der Waals surface area contributed by atoms with Crippen LogP contribution in [0.4, 0.5) is 0 Å². The predicted octanol–water partition coefficient (Wildman–Crippen LogP) is 2.67. The molecule has 1 aliphatic rings. The molecule has 2 unspecified atom stereocenters. The lowest BCUT2D eigenvalue weighted by molar-refractivity contribution is -0.0742. The highest BCUT2D eigenvalue weighted by atomic mass is 16.3. The van der Waals surface area contributed by atoms with Gasteiger partial charge in [-0.2, -0.15) is 0 Å². The van der Waals surface area contributed by atoms with Crippen LogP contribution in [0.2, 0.25) is 0 Å². The van der Waals surface area contributed by atoms with E-state index >= 15 is 0 Å². The number of aliphatic hydroxyl groups is 1. The predicted molar refractivity (Wildman–Crippen MR) is 71.0 cm³/mol. The maximum absolute atomic E-state index is 10.9. The normalized spacial score (nSPS) is 23.9. The van der Waals surface area contributed by atoms with Crippen molar-refractivity contribution < 1.29 is 5.11 Å². The molecule has 1 aromatic rings. The van der Waals surface area contributed by atoms with E-state index in [0.717, 1.165) is 13.0 Å². The van der Waals surface area contributed by atoms with Crippen LogP contribution in [-0.4, -0.2) is 17.3 Å². The number of hydrogen-bond donors (Lipinski definition) is 2. The van der Waals surface area contributed by atoms with E-state index in [2.05, 4.69) is 50.4 Å². The van der Waals surface area contributed by atoms with Crippen molar-refractivity contribution in [2.45, 2.75) is 45.8 Å². The fourth-order valence-corrected chi connectivity index (χ4v) is 2.44. The van der Waals surface area contributed by atoms with Gasteiger partial charge >= 0.3 is 0 Å². The zero-order chi connectivity index (χ0) is 12.7. The lowest BCUT2D eigenvalue weighted by atomic mass is 9.69. The Labute approximate surface area is 104 Å². The lowest BCUT2D eigenvalue weighted by Crippen LogP contribution is -2.52. The Morgan fingerprint density at radius 1 is 1.18 bits per heavy atom. The minimum atomic E-state index is -0.760. The van der Waals surface area contributed by atoms with E-state index in [1.807, 2.05) is 6.92 Å². The van der Waals surface area contributed by atoms with Crippen molar-refractivity contribution in [1.82, 2.24) is 5.32 Å². The van der Waals surface area contributed by atoms with Crippen molar-refractivity contribution in [3.63, 3.8) is 0 Å². The summed E-state index contributed by atoms with van der Waals surface area (Å²) in [5.41, 5.74) is 1.69. The number of benzene rings is 1. The highest BCUT2D eigenvalue weighted by Gasteiger charge is 2.44. The largest absolute Gasteiger partial charge is 0.388 e. The number of rotatable bonds is 1. The molecule has 1 aromatic carbocycles. The first-order valence-corrected chi connectivity index (χ1v) is 6.37. The molecular formula is C15H23NO. The minimum Gasteiger partial charge on any atom is -0.388 e. The standard InChI is InChI=1S/C15H23NO/c1-14(2,3)15(4,17)13-12-8-6-5-7-11(12)9-10-16-13/h5-8,13,16-17H,9-10H2,1-4H3. The van der Waals surface area contributed by atoms with E-state index in [4.69, 9.17) is 0 Å². The number of hydrogen-bond acceptors (Lipinski definition) is 2. The van der Waals surface area contributed by atoms with Gasteiger partial charge in [-0.25, -0.2) is 0 Å². The molecule has 0 saturated carbocycles. The van der Waals surface area contributed by atoms with Crippen molar-refractivity contribution in [3.05, 3.63) is 35.4 Å². The molecule has 0 fully saturated rings. The average molecular weight is 233 g/mol. The highest BCUT2D eigenvalue weighted by molar-refractivity contribution is 5.34. The van der Waals surface area contributed by atoms with Gasteiger partial charge in [0.25, 0.3) is 0 Å². The Bertz CT molecular complexity index is 404. The van der Waals surface area contributed by atoms with Crippen LogP contribution in [0.3, 0.4) is 0 Å². The Balaban J connectivity index is 2.43. The Hall–Kier alpha value is -0.860. The molecule has 0 aliphatic carbocycles. The second kappa shape index (κ2) is 4.11. The van der Waals surface area contributed by atoms with E-state index in [1.165, 1.54) is 11.1 Å². The average Bonchev–Trinajstić information content (AvgIpc) is 2.26. The third-order valence-electron chi connectivity index (χ3n) is 4.19. The van der Waals surface area contributed by atoms with Gasteiger partial charge in [0.2, 0.25) is 0 Å². The van der Waals surface area contributed by atoms with E-state index in [1.54, 1.807) is 0 Å². The van der Waals surface area contributed by atoms with Gasteiger partial charge < -0.3 is 10.4 Å². The first-order valence-electron chi connectivity index (χ1n) is 6.37. The molecule has 1 heterocycles. The molecule has 0 radical (unpaired) electrons. The molecule has 0 amide bonds. The molecule has 94 valence electrons. The van der Waals surface area contributed by atoms with Gasteiger partial charge in [-0.05, 0) is 36.4 Å². The van der Waals surface area contributed by atoms with Gasteiger partial charge in [0.15, 0.2) is 0 Å². The maximum atomic E-state index is 10.9. The minimum absolute atomic E-state index is 0.0208. The van der Waals surface area contributed by atoms with Gasteiger partial charge in [-0.15, -0.1) is 0 Å². The molecule has 2 rings (SSSR count). The fourth-order valence-electron chi connectivity index (χ4n) is 2.44. The SMILES string of the molecule is CC(C)(C)C(C)(O)C1NCCc2ccccc21. The molecule has 2 atom stereocenters. The summed E-state index contributed by atoms with van der Waals surface area (Å²) in [6.45, 7) is 9.14. The molecule has 2 heteroatoms. The molecule has 2 nitrogen and oxygen atoms in total. The summed E-state index contributed by atoms with van der Waals surface area (Å²) in [5.74, 6) is 0. The Morgan fingerprint density at radius 2 is 1.82 bits per heavy atom. The first-order chi connectivity index (χ1) is 7.84. The zero-order valence-electron chi connectivity index (χ0n) is 11.2.